The average molecular weight is 220 g/mol. The van der Waals surface area contributed by atoms with E-state index in [1.807, 2.05) is 0 Å². The Balaban J connectivity index is 2.00. The van der Waals surface area contributed by atoms with Crippen molar-refractivity contribution in [1.29, 1.82) is 0 Å². The second-order valence-corrected chi connectivity index (χ2v) is 5.95. The molecule has 0 heterocycles. The van der Waals surface area contributed by atoms with Crippen LogP contribution in [-0.2, 0) is 4.79 Å². The number of ketones is 1. The summed E-state index contributed by atoms with van der Waals surface area (Å²) in [6.07, 6.45) is 10.4. The molecule has 16 heavy (non-hydrogen) atoms. The van der Waals surface area contributed by atoms with Crippen molar-refractivity contribution in [2.75, 3.05) is 0 Å². The fraction of sp³-hybridized carbons (Fsp3) is 0.800. The molecule has 0 saturated heterocycles. The Morgan fingerprint density at radius 2 is 1.81 bits per heavy atom. The molecule has 0 spiro atoms. The monoisotopic (exact) mass is 220 g/mol. The van der Waals surface area contributed by atoms with E-state index in [-0.39, 0.29) is 0 Å². The van der Waals surface area contributed by atoms with E-state index in [1.165, 1.54) is 19.3 Å². The topological polar surface area (TPSA) is 17.1 Å². The second-order valence-electron chi connectivity index (χ2n) is 5.95. The lowest BCUT2D eigenvalue weighted by Gasteiger charge is -2.31. The van der Waals surface area contributed by atoms with Gasteiger partial charge in [0.2, 0.25) is 0 Å². The van der Waals surface area contributed by atoms with Gasteiger partial charge in [0.05, 0.1) is 0 Å². The lowest BCUT2D eigenvalue weighted by molar-refractivity contribution is -0.121. The van der Waals surface area contributed by atoms with E-state index in [1.54, 1.807) is 0 Å². The Labute approximate surface area is 99.3 Å². The summed E-state index contributed by atoms with van der Waals surface area (Å²) in [7, 11) is 0. The lowest BCUT2D eigenvalue weighted by Crippen LogP contribution is -2.27. The van der Waals surface area contributed by atoms with Crippen molar-refractivity contribution in [3.8, 4) is 0 Å². The molecule has 0 bridgehead atoms. The summed E-state index contributed by atoms with van der Waals surface area (Å²) < 4.78 is 0. The fourth-order valence-electron chi connectivity index (χ4n) is 3.49. The highest BCUT2D eigenvalue weighted by Gasteiger charge is 2.30. The smallest absolute Gasteiger partial charge is 0.161 e. The molecule has 0 amide bonds. The molecule has 0 N–H and O–H groups in total. The van der Waals surface area contributed by atoms with E-state index in [0.717, 1.165) is 43.1 Å². The molecule has 2 aliphatic carbocycles. The maximum atomic E-state index is 12.4. The maximum Gasteiger partial charge on any atom is 0.161 e. The van der Waals surface area contributed by atoms with Crippen LogP contribution in [0.3, 0.4) is 0 Å². The van der Waals surface area contributed by atoms with E-state index < -0.39 is 0 Å². The zero-order valence-corrected chi connectivity index (χ0v) is 10.7. The van der Waals surface area contributed by atoms with Crippen LogP contribution in [0.2, 0.25) is 0 Å². The van der Waals surface area contributed by atoms with Gasteiger partial charge in [0, 0.05) is 5.92 Å². The van der Waals surface area contributed by atoms with Crippen molar-refractivity contribution in [2.45, 2.75) is 58.8 Å². The Kier molecular flexibility index (Phi) is 3.83. The summed E-state index contributed by atoms with van der Waals surface area (Å²) in [6.45, 7) is 4.59. The number of hydrogen-bond acceptors (Lipinski definition) is 1. The molecule has 0 radical (unpaired) electrons. The van der Waals surface area contributed by atoms with Gasteiger partial charge < -0.3 is 0 Å². The van der Waals surface area contributed by atoms with Crippen molar-refractivity contribution in [3.63, 3.8) is 0 Å². The summed E-state index contributed by atoms with van der Waals surface area (Å²) in [5.74, 6) is 2.30. The molecule has 2 unspecified atom stereocenters. The minimum absolute atomic E-state index is 0.336. The van der Waals surface area contributed by atoms with Crippen LogP contribution in [0.1, 0.15) is 58.8 Å². The maximum absolute atomic E-state index is 12.4. The molecule has 0 aromatic heterocycles. The van der Waals surface area contributed by atoms with Gasteiger partial charge in [-0.1, -0.05) is 19.9 Å². The number of hydrogen-bond donors (Lipinski definition) is 0. The summed E-state index contributed by atoms with van der Waals surface area (Å²) in [6, 6.07) is 0. The van der Waals surface area contributed by atoms with Gasteiger partial charge in [0.1, 0.15) is 0 Å². The standard InChI is InChI=1S/C15H24O/c1-11-8-12(2)10-14(9-11)15(16)13-6-4-3-5-7-13/h6,11-12,14H,3-5,7-10H2,1-2H3. The summed E-state index contributed by atoms with van der Waals surface area (Å²) in [5, 5.41) is 0. The first-order chi connectivity index (χ1) is 7.66. The van der Waals surface area contributed by atoms with Crippen molar-refractivity contribution < 1.29 is 4.79 Å². The zero-order chi connectivity index (χ0) is 11.5. The van der Waals surface area contributed by atoms with Crippen LogP contribution in [0.15, 0.2) is 11.6 Å². The number of carbonyl (C=O) groups excluding carboxylic acids is 1. The van der Waals surface area contributed by atoms with Gasteiger partial charge in [-0.2, -0.15) is 0 Å². The Hall–Kier alpha value is -0.590. The van der Waals surface area contributed by atoms with Crippen molar-refractivity contribution in [2.24, 2.45) is 17.8 Å². The molecule has 2 rings (SSSR count). The van der Waals surface area contributed by atoms with Crippen molar-refractivity contribution in [1.82, 2.24) is 0 Å². The highest BCUT2D eigenvalue weighted by Crippen LogP contribution is 2.35. The van der Waals surface area contributed by atoms with Crippen molar-refractivity contribution >= 4 is 5.78 Å². The van der Waals surface area contributed by atoms with E-state index >= 15 is 0 Å². The second kappa shape index (κ2) is 5.16. The number of rotatable bonds is 2. The van der Waals surface area contributed by atoms with Crippen molar-refractivity contribution in [3.05, 3.63) is 11.6 Å². The van der Waals surface area contributed by atoms with Gasteiger partial charge in [-0.3, -0.25) is 4.79 Å². The molecule has 2 atom stereocenters. The van der Waals surface area contributed by atoms with Crippen LogP contribution in [0.4, 0.5) is 0 Å². The summed E-state index contributed by atoms with van der Waals surface area (Å²) in [4.78, 5) is 12.4. The highest BCUT2D eigenvalue weighted by atomic mass is 16.1. The first-order valence-electron chi connectivity index (χ1n) is 6.90. The molecular weight excluding hydrogens is 196 g/mol. The van der Waals surface area contributed by atoms with Gasteiger partial charge >= 0.3 is 0 Å². The normalized spacial score (nSPS) is 35.6. The molecular formula is C15H24O. The molecule has 0 aromatic carbocycles. The Morgan fingerprint density at radius 3 is 2.38 bits per heavy atom. The number of Topliss-reactive ketones (excluding diaryl/α,β-unsaturated/α-hetero) is 1. The average Bonchev–Trinajstić information content (AvgIpc) is 2.28. The summed E-state index contributed by atoms with van der Waals surface area (Å²) >= 11 is 0. The van der Waals surface area contributed by atoms with Gasteiger partial charge in [-0.25, -0.2) is 0 Å². The van der Waals surface area contributed by atoms with Crippen LogP contribution in [0.5, 0.6) is 0 Å². The first-order valence-corrected chi connectivity index (χ1v) is 6.90. The first kappa shape index (κ1) is 11.9. The molecule has 0 aliphatic heterocycles. The lowest BCUT2D eigenvalue weighted by atomic mass is 9.73. The van der Waals surface area contributed by atoms with Crippen LogP contribution in [0.25, 0.3) is 0 Å². The predicted molar refractivity (Wildman–Crippen MR) is 67.2 cm³/mol. The van der Waals surface area contributed by atoms with Gasteiger partial charge in [-0.05, 0) is 62.4 Å². The van der Waals surface area contributed by atoms with E-state index in [2.05, 4.69) is 19.9 Å². The predicted octanol–water partition coefficient (Wildman–Crippen LogP) is 4.13. The molecule has 1 nitrogen and oxygen atoms in total. The third kappa shape index (κ3) is 2.75. The molecule has 1 heteroatoms. The van der Waals surface area contributed by atoms with Crippen LogP contribution < -0.4 is 0 Å². The minimum atomic E-state index is 0.336. The summed E-state index contributed by atoms with van der Waals surface area (Å²) in [5.41, 5.74) is 1.15. The third-order valence-corrected chi connectivity index (χ3v) is 4.16. The molecule has 1 saturated carbocycles. The molecule has 1 fully saturated rings. The minimum Gasteiger partial charge on any atom is -0.294 e. The molecule has 0 aromatic rings. The van der Waals surface area contributed by atoms with E-state index in [4.69, 9.17) is 0 Å². The SMILES string of the molecule is CC1CC(C)CC(C(=O)C2=CCCCC2)C1. The zero-order valence-electron chi connectivity index (χ0n) is 10.7. The molecule has 90 valence electrons. The van der Waals surface area contributed by atoms with E-state index in [9.17, 15) is 4.79 Å². The number of allylic oxidation sites excluding steroid dienone is 2. The number of carbonyl (C=O) groups is 1. The largest absolute Gasteiger partial charge is 0.294 e. The Bertz CT molecular complexity index is 280. The van der Waals surface area contributed by atoms with Gasteiger partial charge in [0.25, 0.3) is 0 Å². The quantitative estimate of drug-likeness (QED) is 0.684. The van der Waals surface area contributed by atoms with E-state index in [0.29, 0.717) is 11.7 Å². The molecule has 2 aliphatic rings. The van der Waals surface area contributed by atoms with Crippen LogP contribution in [0, 0.1) is 17.8 Å². The van der Waals surface area contributed by atoms with Crippen LogP contribution >= 0.6 is 0 Å². The van der Waals surface area contributed by atoms with Crippen LogP contribution in [-0.4, -0.2) is 5.78 Å². The third-order valence-electron chi connectivity index (χ3n) is 4.16. The highest BCUT2D eigenvalue weighted by molar-refractivity contribution is 5.97. The Morgan fingerprint density at radius 1 is 1.12 bits per heavy atom. The van der Waals surface area contributed by atoms with Gasteiger partial charge in [0.15, 0.2) is 5.78 Å². The fourth-order valence-corrected chi connectivity index (χ4v) is 3.49. The van der Waals surface area contributed by atoms with Gasteiger partial charge in [-0.15, -0.1) is 0 Å².